The van der Waals surface area contributed by atoms with Crippen molar-refractivity contribution in [1.29, 1.82) is 0 Å². The van der Waals surface area contributed by atoms with E-state index >= 15 is 0 Å². The van der Waals surface area contributed by atoms with Gasteiger partial charge in [-0.3, -0.25) is 0 Å². The predicted molar refractivity (Wildman–Crippen MR) is 83.8 cm³/mol. The van der Waals surface area contributed by atoms with Crippen LogP contribution in [-0.2, 0) is 6.54 Å². The minimum Gasteiger partial charge on any atom is -0.355 e. The summed E-state index contributed by atoms with van der Waals surface area (Å²) >= 11 is 2.03. The molecule has 2 heterocycles. The van der Waals surface area contributed by atoms with E-state index in [-0.39, 0.29) is 0 Å². The zero-order valence-electron chi connectivity index (χ0n) is 11.2. The van der Waals surface area contributed by atoms with Crippen LogP contribution in [0.2, 0.25) is 0 Å². The lowest BCUT2D eigenvalue weighted by molar-refractivity contribution is 0.692. The Hall–Kier alpha value is -1.26. The van der Waals surface area contributed by atoms with Crippen LogP contribution in [0, 0.1) is 0 Å². The zero-order valence-corrected chi connectivity index (χ0v) is 12.0. The molecule has 1 aromatic heterocycles. The summed E-state index contributed by atoms with van der Waals surface area (Å²) in [5.74, 6) is 3.52. The van der Waals surface area contributed by atoms with Crippen LogP contribution in [0.1, 0.15) is 12.1 Å². The topological polar surface area (TPSA) is 42.2 Å². The maximum absolute atomic E-state index is 5.78. The van der Waals surface area contributed by atoms with Gasteiger partial charge in [0.05, 0.1) is 5.69 Å². The molecule has 4 heteroatoms. The first-order valence-corrected chi connectivity index (χ1v) is 7.84. The lowest BCUT2D eigenvalue weighted by atomic mass is 10.1. The first-order valence-electron chi connectivity index (χ1n) is 6.69. The summed E-state index contributed by atoms with van der Waals surface area (Å²) in [5.41, 5.74) is 6.74. The molecule has 19 heavy (non-hydrogen) atoms. The number of pyridine rings is 1. The van der Waals surface area contributed by atoms with Crippen LogP contribution >= 0.6 is 11.8 Å². The molecular weight excluding hydrogens is 254 g/mol. The van der Waals surface area contributed by atoms with Crippen molar-refractivity contribution in [1.82, 2.24) is 4.98 Å². The summed E-state index contributed by atoms with van der Waals surface area (Å²) in [7, 11) is 2.16. The van der Waals surface area contributed by atoms with E-state index in [1.807, 2.05) is 11.8 Å². The van der Waals surface area contributed by atoms with Crippen LogP contribution in [0.5, 0.6) is 0 Å². The zero-order chi connectivity index (χ0) is 13.2. The molecule has 0 spiro atoms. The van der Waals surface area contributed by atoms with E-state index in [1.54, 1.807) is 0 Å². The third-order valence-corrected chi connectivity index (χ3v) is 4.91. The van der Waals surface area contributed by atoms with Crippen molar-refractivity contribution >= 4 is 28.4 Å². The van der Waals surface area contributed by atoms with Gasteiger partial charge in [-0.25, -0.2) is 4.98 Å². The molecule has 0 aliphatic carbocycles. The highest BCUT2D eigenvalue weighted by Crippen LogP contribution is 2.30. The quantitative estimate of drug-likeness (QED) is 0.933. The van der Waals surface area contributed by atoms with E-state index in [0.717, 1.165) is 11.5 Å². The van der Waals surface area contributed by atoms with Gasteiger partial charge < -0.3 is 10.6 Å². The molecule has 0 amide bonds. The third kappa shape index (κ3) is 2.42. The Morgan fingerprint density at radius 1 is 1.42 bits per heavy atom. The standard InChI is InChI=1S/C15H19N3S/c1-18(13-6-7-19-10-13)15-14-5-3-2-4-11(14)8-12(9-16)17-15/h2-5,8,13H,6-7,9-10,16H2,1H3. The highest BCUT2D eigenvalue weighted by molar-refractivity contribution is 7.99. The number of fused-ring (bicyclic) bond motifs is 1. The summed E-state index contributed by atoms with van der Waals surface area (Å²) in [6.07, 6.45) is 1.24. The Morgan fingerprint density at radius 3 is 3.00 bits per heavy atom. The number of hydrogen-bond donors (Lipinski definition) is 1. The van der Waals surface area contributed by atoms with E-state index in [0.29, 0.717) is 12.6 Å². The Kier molecular flexibility index (Phi) is 3.62. The fourth-order valence-corrected chi connectivity index (χ4v) is 3.88. The molecule has 1 aliphatic heterocycles. The van der Waals surface area contributed by atoms with Gasteiger partial charge in [-0.1, -0.05) is 24.3 Å². The normalized spacial score (nSPS) is 18.9. The largest absolute Gasteiger partial charge is 0.355 e. The number of benzene rings is 1. The molecule has 1 aliphatic rings. The van der Waals surface area contributed by atoms with Gasteiger partial charge in [-0.15, -0.1) is 0 Å². The predicted octanol–water partition coefficient (Wildman–Crippen LogP) is 2.64. The minimum atomic E-state index is 0.491. The lowest BCUT2D eigenvalue weighted by Crippen LogP contribution is -2.32. The minimum absolute atomic E-state index is 0.491. The summed E-state index contributed by atoms with van der Waals surface area (Å²) < 4.78 is 0. The van der Waals surface area contributed by atoms with Crippen LogP contribution in [0.25, 0.3) is 10.8 Å². The molecule has 1 atom stereocenters. The molecule has 1 unspecified atom stereocenters. The third-order valence-electron chi connectivity index (χ3n) is 3.77. The highest BCUT2D eigenvalue weighted by Gasteiger charge is 2.22. The fraction of sp³-hybridized carbons (Fsp3) is 0.400. The number of nitrogens with zero attached hydrogens (tertiary/aromatic N) is 2. The van der Waals surface area contributed by atoms with Crippen LogP contribution < -0.4 is 10.6 Å². The number of hydrogen-bond acceptors (Lipinski definition) is 4. The van der Waals surface area contributed by atoms with Gasteiger partial charge in [0.2, 0.25) is 0 Å². The molecule has 0 radical (unpaired) electrons. The molecule has 1 aromatic carbocycles. The van der Waals surface area contributed by atoms with Crippen molar-refractivity contribution in [3.05, 3.63) is 36.0 Å². The molecule has 3 nitrogen and oxygen atoms in total. The second-order valence-corrected chi connectivity index (χ2v) is 6.14. The van der Waals surface area contributed by atoms with Crippen molar-refractivity contribution in [2.24, 2.45) is 5.73 Å². The average molecular weight is 273 g/mol. The Labute approximate surface area is 118 Å². The van der Waals surface area contributed by atoms with Gasteiger partial charge in [-0.2, -0.15) is 11.8 Å². The summed E-state index contributed by atoms with van der Waals surface area (Å²) in [5, 5.41) is 2.45. The van der Waals surface area contributed by atoms with E-state index < -0.39 is 0 Å². The summed E-state index contributed by atoms with van der Waals surface area (Å²) in [6, 6.07) is 11.1. The molecule has 2 aromatic rings. The summed E-state index contributed by atoms with van der Waals surface area (Å²) in [6.45, 7) is 0.491. The molecule has 1 fully saturated rings. The molecule has 3 rings (SSSR count). The lowest BCUT2D eigenvalue weighted by Gasteiger charge is -2.26. The van der Waals surface area contributed by atoms with Gasteiger partial charge in [-0.05, 0) is 23.6 Å². The fourth-order valence-electron chi connectivity index (χ4n) is 2.61. The van der Waals surface area contributed by atoms with Gasteiger partial charge in [0.25, 0.3) is 0 Å². The Bertz CT molecular complexity index is 579. The maximum Gasteiger partial charge on any atom is 0.136 e. The second kappa shape index (κ2) is 5.39. The van der Waals surface area contributed by atoms with E-state index in [1.165, 1.54) is 28.7 Å². The van der Waals surface area contributed by atoms with Crippen molar-refractivity contribution in [2.75, 3.05) is 23.5 Å². The van der Waals surface area contributed by atoms with Gasteiger partial charge in [0.15, 0.2) is 0 Å². The average Bonchev–Trinajstić information content (AvgIpc) is 2.99. The SMILES string of the molecule is CN(c1nc(CN)cc2ccccc12)C1CCSC1. The molecule has 1 saturated heterocycles. The van der Waals surface area contributed by atoms with E-state index in [9.17, 15) is 0 Å². The monoisotopic (exact) mass is 273 g/mol. The first kappa shape index (κ1) is 12.8. The van der Waals surface area contributed by atoms with Crippen molar-refractivity contribution in [3.63, 3.8) is 0 Å². The van der Waals surface area contributed by atoms with Gasteiger partial charge >= 0.3 is 0 Å². The first-order chi connectivity index (χ1) is 9.29. The van der Waals surface area contributed by atoms with Crippen LogP contribution in [-0.4, -0.2) is 29.6 Å². The van der Waals surface area contributed by atoms with E-state index in [2.05, 4.69) is 42.3 Å². The Morgan fingerprint density at radius 2 is 2.26 bits per heavy atom. The van der Waals surface area contributed by atoms with Crippen LogP contribution in [0.4, 0.5) is 5.82 Å². The number of rotatable bonds is 3. The maximum atomic E-state index is 5.78. The van der Waals surface area contributed by atoms with Crippen molar-refractivity contribution in [3.8, 4) is 0 Å². The van der Waals surface area contributed by atoms with Gasteiger partial charge in [0, 0.05) is 30.8 Å². The molecular formula is C15H19N3S. The van der Waals surface area contributed by atoms with Crippen LogP contribution in [0.15, 0.2) is 30.3 Å². The van der Waals surface area contributed by atoms with Crippen LogP contribution in [0.3, 0.4) is 0 Å². The molecule has 100 valence electrons. The number of thioether (sulfide) groups is 1. The van der Waals surface area contributed by atoms with Crippen molar-refractivity contribution < 1.29 is 0 Å². The Balaban J connectivity index is 2.09. The summed E-state index contributed by atoms with van der Waals surface area (Å²) in [4.78, 5) is 7.09. The van der Waals surface area contributed by atoms with Gasteiger partial charge in [0.1, 0.15) is 5.82 Å². The molecule has 2 N–H and O–H groups in total. The molecule has 0 saturated carbocycles. The molecule has 0 bridgehead atoms. The van der Waals surface area contributed by atoms with E-state index in [4.69, 9.17) is 10.7 Å². The second-order valence-electron chi connectivity index (χ2n) is 4.99. The highest BCUT2D eigenvalue weighted by atomic mass is 32.2. The van der Waals surface area contributed by atoms with Crippen molar-refractivity contribution in [2.45, 2.75) is 19.0 Å². The number of nitrogens with two attached hydrogens (primary N) is 1. The number of anilines is 1. The number of aromatic nitrogens is 1. The smallest absolute Gasteiger partial charge is 0.136 e.